The van der Waals surface area contributed by atoms with Crippen molar-refractivity contribution in [2.75, 3.05) is 31.5 Å². The van der Waals surface area contributed by atoms with Gasteiger partial charge in [0, 0.05) is 44.3 Å². The number of nitrogens with zero attached hydrogens (tertiary/aromatic N) is 2. The number of hydrogen-bond acceptors (Lipinski definition) is 7. The largest absolute Gasteiger partial charge is 0.442 e. The molecule has 0 aromatic heterocycles. The average Bonchev–Trinajstić information content (AvgIpc) is 3.17. The maximum absolute atomic E-state index is 14.6. The van der Waals surface area contributed by atoms with Gasteiger partial charge in [-0.1, -0.05) is 6.08 Å². The van der Waals surface area contributed by atoms with E-state index in [0.717, 1.165) is 0 Å². The number of nitrogens with one attached hydrogen (secondary N) is 4. The van der Waals surface area contributed by atoms with Gasteiger partial charge in [-0.15, -0.1) is 0 Å². The first-order valence-corrected chi connectivity index (χ1v) is 11.0. The van der Waals surface area contributed by atoms with Crippen LogP contribution in [0.25, 0.3) is 0 Å². The first-order valence-electron chi connectivity index (χ1n) is 10.5. The number of anilines is 1. The molecule has 0 bridgehead atoms. The van der Waals surface area contributed by atoms with Gasteiger partial charge in [-0.3, -0.25) is 19.8 Å². The first-order chi connectivity index (χ1) is 16.2. The minimum atomic E-state index is -0.535. The van der Waals surface area contributed by atoms with Gasteiger partial charge in [0.05, 0.1) is 29.8 Å². The number of amides is 2. The number of carbonyl (C=O) groups excluding carboxylic acids is 2. The summed E-state index contributed by atoms with van der Waals surface area (Å²) >= 11 is 5.19. The van der Waals surface area contributed by atoms with Crippen molar-refractivity contribution in [2.24, 2.45) is 0 Å². The molecule has 1 aliphatic heterocycles. The zero-order valence-electron chi connectivity index (χ0n) is 18.4. The number of ether oxygens (including phenoxy) is 1. The zero-order valence-corrected chi connectivity index (χ0v) is 19.2. The van der Waals surface area contributed by atoms with Crippen LogP contribution in [-0.4, -0.2) is 65.3 Å². The summed E-state index contributed by atoms with van der Waals surface area (Å²) < 4.78 is 19.8. The lowest BCUT2D eigenvalue weighted by Crippen LogP contribution is -2.39. The second-order valence-electron chi connectivity index (χ2n) is 7.66. The van der Waals surface area contributed by atoms with E-state index in [0.29, 0.717) is 29.6 Å². The second-order valence-corrected chi connectivity index (χ2v) is 8.06. The van der Waals surface area contributed by atoms with E-state index in [9.17, 15) is 24.1 Å². The van der Waals surface area contributed by atoms with Crippen molar-refractivity contribution in [1.82, 2.24) is 20.9 Å². The standard InChI is InChI=1S/C21H25FN6O5S/c1-13(29)25-11-17-12-27(21(30)33-17)16-6-7-19(18(22)10-16)23-8-9-24-20(34)26-14-2-4-15(5-3-14)28(31)32/h2-7,16-17,23H,8-12H2,1H3,(H,25,29)(H2,24,26,34). The fourth-order valence-electron chi connectivity index (χ4n) is 3.42. The Hall–Kier alpha value is -3.74. The Labute approximate surface area is 200 Å². The lowest BCUT2D eigenvalue weighted by molar-refractivity contribution is -0.384. The molecule has 4 N–H and O–H groups in total. The lowest BCUT2D eigenvalue weighted by atomic mass is 10.0. The Kier molecular flexibility index (Phi) is 8.35. The van der Waals surface area contributed by atoms with Crippen LogP contribution in [0.3, 0.4) is 0 Å². The van der Waals surface area contributed by atoms with Crippen molar-refractivity contribution in [2.45, 2.75) is 25.5 Å². The Morgan fingerprint density at radius 3 is 2.68 bits per heavy atom. The fraction of sp³-hybridized carbons (Fsp3) is 0.381. The highest BCUT2D eigenvalue weighted by Crippen LogP contribution is 2.26. The highest BCUT2D eigenvalue weighted by molar-refractivity contribution is 7.80. The maximum Gasteiger partial charge on any atom is 0.410 e. The number of cyclic esters (lactones) is 1. The Balaban J connectivity index is 1.39. The molecule has 1 aromatic carbocycles. The third-order valence-electron chi connectivity index (χ3n) is 5.11. The number of halogens is 1. The predicted octanol–water partition coefficient (Wildman–Crippen LogP) is 1.94. The number of nitro benzene ring substituents is 1. The molecule has 1 fully saturated rings. The summed E-state index contributed by atoms with van der Waals surface area (Å²) in [5, 5.41) is 22.5. The highest BCUT2D eigenvalue weighted by atomic mass is 32.1. The molecule has 11 nitrogen and oxygen atoms in total. The van der Waals surface area contributed by atoms with E-state index < -0.39 is 23.2 Å². The van der Waals surface area contributed by atoms with Gasteiger partial charge in [-0.2, -0.15) is 0 Å². The normalized spacial score (nSPS) is 19.5. The predicted molar refractivity (Wildman–Crippen MR) is 127 cm³/mol. The molecule has 2 unspecified atom stereocenters. The number of benzene rings is 1. The SMILES string of the molecule is CC(=O)NCC1CN(C2C=CC(NCCNC(=S)Nc3ccc([N+](=O)[O-])cc3)=C(F)C2)C(=O)O1. The van der Waals surface area contributed by atoms with Gasteiger partial charge in [0.1, 0.15) is 11.9 Å². The van der Waals surface area contributed by atoms with E-state index in [1.165, 1.54) is 24.0 Å². The smallest absolute Gasteiger partial charge is 0.410 e. The van der Waals surface area contributed by atoms with Crippen molar-refractivity contribution in [3.63, 3.8) is 0 Å². The number of thiocarbonyl (C=S) groups is 1. The number of hydrogen-bond donors (Lipinski definition) is 4. The summed E-state index contributed by atoms with van der Waals surface area (Å²) in [7, 11) is 0. The summed E-state index contributed by atoms with van der Waals surface area (Å²) in [5.41, 5.74) is 0.915. The van der Waals surface area contributed by atoms with Crippen LogP contribution in [0.5, 0.6) is 0 Å². The van der Waals surface area contributed by atoms with Crippen molar-refractivity contribution in [1.29, 1.82) is 0 Å². The van der Waals surface area contributed by atoms with E-state index in [1.54, 1.807) is 24.3 Å². The molecule has 3 rings (SSSR count). The molecular formula is C21H25FN6O5S. The summed E-state index contributed by atoms with van der Waals surface area (Å²) in [6.45, 7) is 2.65. The van der Waals surface area contributed by atoms with Crippen LogP contribution in [0.4, 0.5) is 20.6 Å². The minimum Gasteiger partial charge on any atom is -0.442 e. The Morgan fingerprint density at radius 2 is 2.03 bits per heavy atom. The van der Waals surface area contributed by atoms with Crippen LogP contribution in [0, 0.1) is 10.1 Å². The van der Waals surface area contributed by atoms with E-state index in [-0.39, 0.29) is 36.9 Å². The molecule has 182 valence electrons. The molecule has 34 heavy (non-hydrogen) atoms. The van der Waals surface area contributed by atoms with E-state index in [2.05, 4.69) is 21.3 Å². The zero-order chi connectivity index (χ0) is 24.7. The minimum absolute atomic E-state index is 0.0156. The van der Waals surface area contributed by atoms with Crippen molar-refractivity contribution < 1.29 is 23.6 Å². The number of allylic oxidation sites excluding steroid dienone is 1. The van der Waals surface area contributed by atoms with Gasteiger partial charge in [0.15, 0.2) is 5.11 Å². The van der Waals surface area contributed by atoms with Gasteiger partial charge in [0.2, 0.25) is 5.91 Å². The van der Waals surface area contributed by atoms with Crippen LogP contribution in [0.1, 0.15) is 13.3 Å². The molecule has 2 amide bonds. The molecular weight excluding hydrogens is 467 g/mol. The molecule has 2 aliphatic rings. The van der Waals surface area contributed by atoms with Crippen molar-refractivity contribution >= 4 is 40.7 Å². The summed E-state index contributed by atoms with van der Waals surface area (Å²) in [4.78, 5) is 34.8. The Bertz CT molecular complexity index is 1020. The van der Waals surface area contributed by atoms with Crippen LogP contribution in [0.2, 0.25) is 0 Å². The molecule has 13 heteroatoms. The topological polar surface area (TPSA) is 138 Å². The van der Waals surface area contributed by atoms with Gasteiger partial charge in [-0.25, -0.2) is 9.18 Å². The van der Waals surface area contributed by atoms with Crippen LogP contribution in [-0.2, 0) is 9.53 Å². The number of carbonyl (C=O) groups is 2. The van der Waals surface area contributed by atoms with Crippen molar-refractivity contribution in [3.05, 3.63) is 58.1 Å². The van der Waals surface area contributed by atoms with Gasteiger partial charge >= 0.3 is 6.09 Å². The summed E-state index contributed by atoms with van der Waals surface area (Å²) in [6, 6.07) is 5.38. The third-order valence-corrected chi connectivity index (χ3v) is 5.36. The summed E-state index contributed by atoms with van der Waals surface area (Å²) in [6.07, 6.45) is 2.35. The number of non-ortho nitro benzene ring substituents is 1. The summed E-state index contributed by atoms with van der Waals surface area (Å²) in [5.74, 6) is -0.591. The van der Waals surface area contributed by atoms with Crippen LogP contribution in [0.15, 0.2) is 47.9 Å². The maximum atomic E-state index is 14.6. The highest BCUT2D eigenvalue weighted by Gasteiger charge is 2.36. The molecule has 0 spiro atoms. The van der Waals surface area contributed by atoms with Crippen LogP contribution < -0.4 is 21.3 Å². The first kappa shape index (κ1) is 24.9. The molecule has 0 radical (unpaired) electrons. The molecule has 1 aliphatic carbocycles. The molecule has 1 saturated heterocycles. The Morgan fingerprint density at radius 1 is 1.29 bits per heavy atom. The number of rotatable bonds is 9. The van der Waals surface area contributed by atoms with E-state index >= 15 is 0 Å². The lowest BCUT2D eigenvalue weighted by Gasteiger charge is -2.26. The van der Waals surface area contributed by atoms with Crippen LogP contribution >= 0.6 is 12.2 Å². The molecule has 2 atom stereocenters. The number of nitro groups is 1. The molecule has 1 heterocycles. The van der Waals surface area contributed by atoms with Crippen molar-refractivity contribution in [3.8, 4) is 0 Å². The van der Waals surface area contributed by atoms with Gasteiger partial charge in [0.25, 0.3) is 5.69 Å². The quantitative estimate of drug-likeness (QED) is 0.176. The monoisotopic (exact) mass is 492 g/mol. The average molecular weight is 493 g/mol. The van der Waals surface area contributed by atoms with E-state index in [1.807, 2.05) is 0 Å². The molecule has 1 aromatic rings. The fourth-order valence-corrected chi connectivity index (χ4v) is 3.64. The third kappa shape index (κ3) is 6.88. The van der Waals surface area contributed by atoms with Gasteiger partial charge < -0.3 is 26.0 Å². The van der Waals surface area contributed by atoms with E-state index in [4.69, 9.17) is 17.0 Å². The molecule has 0 saturated carbocycles. The second kappa shape index (κ2) is 11.4. The van der Waals surface area contributed by atoms with Gasteiger partial charge in [-0.05, 0) is 30.4 Å².